The first-order chi connectivity index (χ1) is 7.33. The fraction of sp³-hybridized carbons (Fsp3) is 0.615. The van der Waals surface area contributed by atoms with Crippen molar-refractivity contribution < 1.29 is 0 Å². The fourth-order valence-electron chi connectivity index (χ4n) is 1.16. The van der Waals surface area contributed by atoms with Crippen molar-refractivity contribution in [3.05, 3.63) is 22.3 Å². The van der Waals surface area contributed by atoms with Crippen LogP contribution in [0.2, 0.25) is 0 Å². The topological polar surface area (TPSA) is 24.9 Å². The maximum absolute atomic E-state index is 4.34. The lowest BCUT2D eigenvalue weighted by molar-refractivity contribution is 0.269. The molecule has 0 aromatic carbocycles. The smallest absolute Gasteiger partial charge is 0.126 e. The zero-order valence-electron chi connectivity index (χ0n) is 10.8. The molecule has 1 aromatic rings. The van der Waals surface area contributed by atoms with Crippen LogP contribution in [0.3, 0.4) is 0 Å². The van der Waals surface area contributed by atoms with Gasteiger partial charge in [-0.3, -0.25) is 0 Å². The van der Waals surface area contributed by atoms with Crippen molar-refractivity contribution in [3.63, 3.8) is 0 Å². The highest BCUT2D eigenvalue weighted by Crippen LogP contribution is 2.26. The third-order valence-corrected chi connectivity index (χ3v) is 4.17. The molecule has 0 radical (unpaired) electrons. The molecule has 1 N–H and O–H groups in total. The summed E-state index contributed by atoms with van der Waals surface area (Å²) in [6.07, 6.45) is 1.85. The van der Waals surface area contributed by atoms with Crippen LogP contribution in [0.4, 0.5) is 5.82 Å². The monoisotopic (exact) mass is 284 g/mol. The second kappa shape index (κ2) is 5.17. The number of hydrogen-bond donors (Lipinski definition) is 1. The van der Waals surface area contributed by atoms with Crippen LogP contribution in [0.15, 0.2) is 16.7 Å². The lowest BCUT2D eigenvalue weighted by Crippen LogP contribution is -2.28. The fourth-order valence-corrected chi connectivity index (χ4v) is 1.38. The minimum Gasteiger partial charge on any atom is -0.370 e. The van der Waals surface area contributed by atoms with E-state index in [-0.39, 0.29) is 5.41 Å². The zero-order valence-corrected chi connectivity index (χ0v) is 12.4. The van der Waals surface area contributed by atoms with Crippen LogP contribution >= 0.6 is 15.9 Å². The van der Waals surface area contributed by atoms with Gasteiger partial charge in [-0.2, -0.15) is 0 Å². The third kappa shape index (κ3) is 3.48. The quantitative estimate of drug-likeness (QED) is 0.894. The number of aryl methyl sites for hydroxylation is 1. The molecule has 0 unspecified atom stereocenters. The molecule has 1 aromatic heterocycles. The lowest BCUT2D eigenvalue weighted by atomic mass is 9.81. The predicted molar refractivity (Wildman–Crippen MR) is 73.8 cm³/mol. The lowest BCUT2D eigenvalue weighted by Gasteiger charge is -2.29. The van der Waals surface area contributed by atoms with E-state index in [9.17, 15) is 0 Å². The number of halogens is 1. The van der Waals surface area contributed by atoms with Gasteiger partial charge in [-0.05, 0) is 45.8 Å². The Kier molecular flexibility index (Phi) is 4.36. The largest absolute Gasteiger partial charge is 0.370 e. The standard InChI is InChI=1S/C13H21BrN2/c1-9(2)13(4,5)8-16-12-6-10(3)11(14)7-15-12/h6-7,9H,8H2,1-5H3,(H,15,16). The van der Waals surface area contributed by atoms with Crippen molar-refractivity contribution >= 4 is 21.7 Å². The summed E-state index contributed by atoms with van der Waals surface area (Å²) in [6.45, 7) is 12.1. The second-order valence-electron chi connectivity index (χ2n) is 5.32. The molecule has 0 saturated heterocycles. The number of anilines is 1. The third-order valence-electron chi connectivity index (χ3n) is 3.33. The van der Waals surface area contributed by atoms with Gasteiger partial charge in [0, 0.05) is 17.2 Å². The molecule has 0 spiro atoms. The van der Waals surface area contributed by atoms with E-state index in [1.165, 1.54) is 5.56 Å². The number of hydrogen-bond acceptors (Lipinski definition) is 2. The summed E-state index contributed by atoms with van der Waals surface area (Å²) in [5.74, 6) is 1.60. The van der Waals surface area contributed by atoms with Crippen molar-refractivity contribution in [2.45, 2.75) is 34.6 Å². The number of aromatic nitrogens is 1. The molecule has 0 aliphatic heterocycles. The van der Waals surface area contributed by atoms with Gasteiger partial charge in [0.05, 0.1) is 0 Å². The van der Waals surface area contributed by atoms with Gasteiger partial charge in [0.15, 0.2) is 0 Å². The van der Waals surface area contributed by atoms with Crippen LogP contribution in [0.1, 0.15) is 33.3 Å². The molecule has 0 aliphatic carbocycles. The number of nitrogens with zero attached hydrogens (tertiary/aromatic N) is 1. The van der Waals surface area contributed by atoms with Crippen LogP contribution in [0, 0.1) is 18.3 Å². The van der Waals surface area contributed by atoms with Gasteiger partial charge in [-0.15, -0.1) is 0 Å². The Balaban J connectivity index is 2.65. The molecule has 0 fully saturated rings. The molecule has 0 saturated carbocycles. The van der Waals surface area contributed by atoms with Crippen molar-refractivity contribution in [1.82, 2.24) is 4.98 Å². The van der Waals surface area contributed by atoms with Crippen LogP contribution in [0.5, 0.6) is 0 Å². The average molecular weight is 285 g/mol. The molecule has 3 heteroatoms. The van der Waals surface area contributed by atoms with Crippen molar-refractivity contribution in [3.8, 4) is 0 Å². The minimum atomic E-state index is 0.280. The molecule has 0 aliphatic rings. The highest BCUT2D eigenvalue weighted by atomic mass is 79.9. The Hall–Kier alpha value is -0.570. The van der Waals surface area contributed by atoms with Gasteiger partial charge < -0.3 is 5.32 Å². The Bertz CT molecular complexity index is 359. The first-order valence-corrected chi connectivity index (χ1v) is 6.48. The summed E-state index contributed by atoms with van der Waals surface area (Å²) >= 11 is 3.45. The van der Waals surface area contributed by atoms with Gasteiger partial charge in [-0.1, -0.05) is 27.7 Å². The summed E-state index contributed by atoms with van der Waals surface area (Å²) in [5, 5.41) is 3.40. The first-order valence-electron chi connectivity index (χ1n) is 5.69. The molecule has 1 rings (SSSR count). The average Bonchev–Trinajstić information content (AvgIpc) is 2.20. The van der Waals surface area contributed by atoms with E-state index >= 15 is 0 Å². The summed E-state index contributed by atoms with van der Waals surface area (Å²) in [6, 6.07) is 2.07. The van der Waals surface area contributed by atoms with E-state index in [4.69, 9.17) is 0 Å². The van der Waals surface area contributed by atoms with Crippen LogP contribution in [-0.4, -0.2) is 11.5 Å². The number of rotatable bonds is 4. The zero-order chi connectivity index (χ0) is 12.3. The van der Waals surface area contributed by atoms with Crippen LogP contribution in [-0.2, 0) is 0 Å². The Morgan fingerprint density at radius 2 is 2.06 bits per heavy atom. The first kappa shape index (κ1) is 13.5. The minimum absolute atomic E-state index is 0.280. The van der Waals surface area contributed by atoms with Gasteiger partial charge >= 0.3 is 0 Å². The highest BCUT2D eigenvalue weighted by Gasteiger charge is 2.21. The molecule has 16 heavy (non-hydrogen) atoms. The summed E-state index contributed by atoms with van der Waals surface area (Å²) in [4.78, 5) is 4.34. The summed E-state index contributed by atoms with van der Waals surface area (Å²) in [7, 11) is 0. The van der Waals surface area contributed by atoms with E-state index in [0.717, 1.165) is 16.8 Å². The summed E-state index contributed by atoms with van der Waals surface area (Å²) in [5.41, 5.74) is 1.49. The maximum Gasteiger partial charge on any atom is 0.126 e. The van der Waals surface area contributed by atoms with Gasteiger partial charge in [0.25, 0.3) is 0 Å². The Morgan fingerprint density at radius 3 is 2.56 bits per heavy atom. The van der Waals surface area contributed by atoms with E-state index in [1.807, 2.05) is 6.20 Å². The van der Waals surface area contributed by atoms with E-state index in [0.29, 0.717) is 5.92 Å². The molecule has 0 atom stereocenters. The van der Waals surface area contributed by atoms with Crippen LogP contribution in [0.25, 0.3) is 0 Å². The molecule has 1 heterocycles. The van der Waals surface area contributed by atoms with E-state index < -0.39 is 0 Å². The highest BCUT2D eigenvalue weighted by molar-refractivity contribution is 9.10. The van der Waals surface area contributed by atoms with Crippen LogP contribution < -0.4 is 5.32 Å². The van der Waals surface area contributed by atoms with Gasteiger partial charge in [-0.25, -0.2) is 4.98 Å². The number of pyridine rings is 1. The summed E-state index contributed by atoms with van der Waals surface area (Å²) < 4.78 is 1.06. The Morgan fingerprint density at radius 1 is 1.44 bits per heavy atom. The molecular formula is C13H21BrN2. The SMILES string of the molecule is Cc1cc(NCC(C)(C)C(C)C)ncc1Br. The molecule has 2 nitrogen and oxygen atoms in total. The van der Waals surface area contributed by atoms with Gasteiger partial charge in [0.1, 0.15) is 5.82 Å². The maximum atomic E-state index is 4.34. The molecular weight excluding hydrogens is 264 g/mol. The number of nitrogens with one attached hydrogen (secondary N) is 1. The molecule has 0 bridgehead atoms. The normalized spacial score (nSPS) is 11.9. The predicted octanol–water partition coefficient (Wildman–Crippen LogP) is 4.25. The molecule has 0 amide bonds. The second-order valence-corrected chi connectivity index (χ2v) is 6.17. The van der Waals surface area contributed by atoms with Crippen molar-refractivity contribution in [2.75, 3.05) is 11.9 Å². The van der Waals surface area contributed by atoms with Crippen molar-refractivity contribution in [2.24, 2.45) is 11.3 Å². The van der Waals surface area contributed by atoms with E-state index in [2.05, 4.69) is 66.9 Å². The Labute approximate surface area is 107 Å². The van der Waals surface area contributed by atoms with Crippen molar-refractivity contribution in [1.29, 1.82) is 0 Å². The molecule has 90 valence electrons. The van der Waals surface area contributed by atoms with Gasteiger partial charge in [0.2, 0.25) is 0 Å². The van der Waals surface area contributed by atoms with E-state index in [1.54, 1.807) is 0 Å².